The molecule has 2 aromatic carbocycles. The number of ether oxygens (including phenoxy) is 1. The van der Waals surface area contributed by atoms with Crippen LogP contribution in [0.5, 0.6) is 5.75 Å². The molecule has 6 heteroatoms. The van der Waals surface area contributed by atoms with Crippen molar-refractivity contribution in [1.82, 2.24) is 4.98 Å². The molecule has 0 aliphatic rings. The van der Waals surface area contributed by atoms with E-state index in [1.54, 1.807) is 54.9 Å². The summed E-state index contributed by atoms with van der Waals surface area (Å²) in [5, 5.41) is 0. The molecule has 0 unspecified atom stereocenters. The monoisotopic (exact) mass is 368 g/mol. The van der Waals surface area contributed by atoms with Gasteiger partial charge in [0.05, 0.1) is 23.7 Å². The maximum atomic E-state index is 13.3. The second-order valence-corrected chi connectivity index (χ2v) is 7.48. The molecule has 3 rings (SSSR count). The lowest BCUT2D eigenvalue weighted by atomic mass is 10.2. The minimum Gasteiger partial charge on any atom is -0.494 e. The van der Waals surface area contributed by atoms with Crippen molar-refractivity contribution < 1.29 is 13.2 Å². The molecule has 0 amide bonds. The predicted molar refractivity (Wildman–Crippen MR) is 102 cm³/mol. The molecule has 0 bridgehead atoms. The number of nitrogens with zero attached hydrogens (tertiary/aromatic N) is 2. The molecule has 0 radical (unpaired) electrons. The van der Waals surface area contributed by atoms with E-state index in [4.69, 9.17) is 4.74 Å². The van der Waals surface area contributed by atoms with E-state index in [1.165, 1.54) is 4.31 Å². The van der Waals surface area contributed by atoms with E-state index in [0.717, 1.165) is 5.56 Å². The predicted octanol–water partition coefficient (Wildman–Crippen LogP) is 3.88. The van der Waals surface area contributed by atoms with Crippen LogP contribution in [0, 0.1) is 0 Å². The summed E-state index contributed by atoms with van der Waals surface area (Å²) in [7, 11) is -3.73. The third-order valence-electron chi connectivity index (χ3n) is 3.82. The molecular weight excluding hydrogens is 348 g/mol. The van der Waals surface area contributed by atoms with Gasteiger partial charge in [-0.2, -0.15) is 0 Å². The zero-order chi connectivity index (χ0) is 18.4. The zero-order valence-electron chi connectivity index (χ0n) is 14.4. The Balaban J connectivity index is 1.99. The largest absolute Gasteiger partial charge is 0.494 e. The van der Waals surface area contributed by atoms with Crippen molar-refractivity contribution in [2.75, 3.05) is 10.9 Å². The van der Waals surface area contributed by atoms with Crippen molar-refractivity contribution >= 4 is 15.7 Å². The van der Waals surface area contributed by atoms with E-state index in [1.807, 2.05) is 31.2 Å². The minimum absolute atomic E-state index is 0.202. The van der Waals surface area contributed by atoms with Gasteiger partial charge in [0.15, 0.2) is 0 Å². The summed E-state index contributed by atoms with van der Waals surface area (Å²) < 4.78 is 33.3. The molecule has 26 heavy (non-hydrogen) atoms. The first kappa shape index (κ1) is 17.9. The molecule has 0 aliphatic heterocycles. The third-order valence-corrected chi connectivity index (χ3v) is 5.60. The maximum Gasteiger partial charge on any atom is 0.264 e. The van der Waals surface area contributed by atoms with Gasteiger partial charge in [-0.25, -0.2) is 8.42 Å². The van der Waals surface area contributed by atoms with Crippen LogP contribution in [0.1, 0.15) is 12.5 Å². The highest BCUT2D eigenvalue weighted by Crippen LogP contribution is 2.26. The van der Waals surface area contributed by atoms with E-state index < -0.39 is 10.0 Å². The number of hydrogen-bond donors (Lipinski definition) is 0. The first-order valence-electron chi connectivity index (χ1n) is 8.31. The van der Waals surface area contributed by atoms with Crippen molar-refractivity contribution in [2.45, 2.75) is 18.4 Å². The summed E-state index contributed by atoms with van der Waals surface area (Å²) >= 11 is 0. The molecule has 0 spiro atoms. The number of aromatic nitrogens is 1. The number of hydrogen-bond acceptors (Lipinski definition) is 4. The number of sulfonamides is 1. The van der Waals surface area contributed by atoms with E-state index >= 15 is 0 Å². The Labute approximate surface area is 153 Å². The summed E-state index contributed by atoms with van der Waals surface area (Å²) in [4.78, 5) is 4.30. The van der Waals surface area contributed by atoms with Gasteiger partial charge >= 0.3 is 0 Å². The number of benzene rings is 2. The van der Waals surface area contributed by atoms with Crippen LogP contribution in [0.25, 0.3) is 0 Å². The lowest BCUT2D eigenvalue weighted by Crippen LogP contribution is -2.30. The van der Waals surface area contributed by atoms with Gasteiger partial charge in [0.25, 0.3) is 10.0 Å². The summed E-state index contributed by atoms with van der Waals surface area (Å²) in [5.41, 5.74) is 1.41. The second kappa shape index (κ2) is 8.01. The standard InChI is InChI=1S/C20H20N2O3S/c1-2-25-19-10-12-20(13-11-19)26(23,24)22(18-8-4-3-5-9-18)16-17-7-6-14-21-15-17/h3-15H,2,16H2,1H3. The zero-order valence-corrected chi connectivity index (χ0v) is 15.3. The van der Waals surface area contributed by atoms with Crippen LogP contribution < -0.4 is 9.04 Å². The van der Waals surface area contributed by atoms with Crippen LogP contribution >= 0.6 is 0 Å². The smallest absolute Gasteiger partial charge is 0.264 e. The Morgan fingerprint density at radius 1 is 0.962 bits per heavy atom. The number of para-hydroxylation sites is 1. The fourth-order valence-corrected chi connectivity index (χ4v) is 4.02. The lowest BCUT2D eigenvalue weighted by Gasteiger charge is -2.24. The van der Waals surface area contributed by atoms with Crippen LogP contribution in [-0.2, 0) is 16.6 Å². The van der Waals surface area contributed by atoms with Crippen molar-refractivity contribution in [3.63, 3.8) is 0 Å². The first-order chi connectivity index (χ1) is 12.6. The number of rotatable bonds is 7. The first-order valence-corrected chi connectivity index (χ1v) is 9.75. The molecule has 0 saturated heterocycles. The summed E-state index contributed by atoms with van der Waals surface area (Å²) in [6.45, 7) is 2.62. The van der Waals surface area contributed by atoms with Crippen LogP contribution in [0.15, 0.2) is 84.0 Å². The van der Waals surface area contributed by atoms with Crippen molar-refractivity contribution in [1.29, 1.82) is 0 Å². The molecule has 0 saturated carbocycles. The molecule has 5 nitrogen and oxygen atoms in total. The Morgan fingerprint density at radius 2 is 1.69 bits per heavy atom. The average molecular weight is 368 g/mol. The van der Waals surface area contributed by atoms with Gasteiger partial charge in [0.1, 0.15) is 5.75 Å². The summed E-state index contributed by atoms with van der Waals surface area (Å²) in [5.74, 6) is 0.643. The van der Waals surface area contributed by atoms with Gasteiger partial charge in [-0.1, -0.05) is 24.3 Å². The van der Waals surface area contributed by atoms with Gasteiger partial charge in [-0.3, -0.25) is 9.29 Å². The number of pyridine rings is 1. The molecule has 3 aromatic rings. The van der Waals surface area contributed by atoms with E-state index in [-0.39, 0.29) is 11.4 Å². The van der Waals surface area contributed by atoms with Gasteiger partial charge in [0, 0.05) is 12.4 Å². The summed E-state index contributed by atoms with van der Waals surface area (Å²) in [6, 6.07) is 19.2. The van der Waals surface area contributed by atoms with E-state index in [9.17, 15) is 8.42 Å². The van der Waals surface area contributed by atoms with Gasteiger partial charge in [-0.15, -0.1) is 0 Å². The topological polar surface area (TPSA) is 59.5 Å². The average Bonchev–Trinajstić information content (AvgIpc) is 2.68. The van der Waals surface area contributed by atoms with Crippen molar-refractivity contribution in [3.05, 3.63) is 84.7 Å². The normalized spacial score (nSPS) is 11.1. The molecule has 134 valence electrons. The van der Waals surface area contributed by atoms with Gasteiger partial charge in [0.2, 0.25) is 0 Å². The Bertz CT molecular complexity index is 928. The molecule has 1 aromatic heterocycles. The minimum atomic E-state index is -3.73. The molecule has 0 fully saturated rings. The Kier molecular flexibility index (Phi) is 5.53. The molecule has 0 atom stereocenters. The fourth-order valence-electron chi connectivity index (χ4n) is 2.57. The molecule has 0 N–H and O–H groups in total. The highest BCUT2D eigenvalue weighted by molar-refractivity contribution is 7.92. The quantitative estimate of drug-likeness (QED) is 0.635. The van der Waals surface area contributed by atoms with Crippen LogP contribution in [0.2, 0.25) is 0 Å². The van der Waals surface area contributed by atoms with Crippen molar-refractivity contribution in [3.8, 4) is 5.75 Å². The lowest BCUT2D eigenvalue weighted by molar-refractivity contribution is 0.340. The third kappa shape index (κ3) is 4.03. The molecular formula is C20H20N2O3S. The van der Waals surface area contributed by atoms with E-state index in [0.29, 0.717) is 18.0 Å². The van der Waals surface area contributed by atoms with Crippen LogP contribution in [-0.4, -0.2) is 20.0 Å². The molecule has 0 aliphatic carbocycles. The Morgan fingerprint density at radius 3 is 2.31 bits per heavy atom. The fraction of sp³-hybridized carbons (Fsp3) is 0.150. The van der Waals surface area contributed by atoms with Crippen molar-refractivity contribution in [2.24, 2.45) is 0 Å². The molecule has 1 heterocycles. The van der Waals surface area contributed by atoms with Gasteiger partial charge in [-0.05, 0) is 55.0 Å². The number of anilines is 1. The van der Waals surface area contributed by atoms with Gasteiger partial charge < -0.3 is 4.74 Å². The summed E-state index contributed by atoms with van der Waals surface area (Å²) in [6.07, 6.45) is 3.33. The second-order valence-electron chi connectivity index (χ2n) is 5.61. The van der Waals surface area contributed by atoms with Crippen LogP contribution in [0.4, 0.5) is 5.69 Å². The Hall–Kier alpha value is -2.86. The highest BCUT2D eigenvalue weighted by atomic mass is 32.2. The SMILES string of the molecule is CCOc1ccc(S(=O)(=O)N(Cc2cccnc2)c2ccccc2)cc1. The van der Waals surface area contributed by atoms with Crippen LogP contribution in [0.3, 0.4) is 0 Å². The highest BCUT2D eigenvalue weighted by Gasteiger charge is 2.25. The van der Waals surface area contributed by atoms with E-state index in [2.05, 4.69) is 4.98 Å². The maximum absolute atomic E-state index is 13.3.